The van der Waals surface area contributed by atoms with Crippen molar-refractivity contribution in [3.8, 4) is 11.5 Å². The number of hydrogen-bond acceptors (Lipinski definition) is 5. The van der Waals surface area contributed by atoms with Crippen molar-refractivity contribution in [3.63, 3.8) is 0 Å². The van der Waals surface area contributed by atoms with Crippen molar-refractivity contribution in [2.45, 2.75) is 12.8 Å². The van der Waals surface area contributed by atoms with Crippen LogP contribution in [0.3, 0.4) is 0 Å². The van der Waals surface area contributed by atoms with Crippen molar-refractivity contribution in [2.24, 2.45) is 0 Å². The summed E-state index contributed by atoms with van der Waals surface area (Å²) >= 11 is 0. The predicted molar refractivity (Wildman–Crippen MR) is 75.3 cm³/mol. The van der Waals surface area contributed by atoms with Gasteiger partial charge < -0.3 is 19.3 Å². The number of ether oxygens (including phenoxy) is 3. The Balaban J connectivity index is 3.19. The monoisotopic (exact) mass is 280 g/mol. The number of carbonyl (C=O) groups excluding carboxylic acids is 1. The first-order valence-corrected chi connectivity index (χ1v) is 6.16. The number of aliphatic hydroxyl groups is 1. The second-order valence-electron chi connectivity index (χ2n) is 4.24. The molecule has 0 radical (unpaired) electrons. The van der Waals surface area contributed by atoms with Crippen molar-refractivity contribution < 1.29 is 24.1 Å². The van der Waals surface area contributed by atoms with E-state index in [0.29, 0.717) is 11.5 Å². The molecule has 0 aromatic heterocycles. The van der Waals surface area contributed by atoms with E-state index < -0.39 is 5.97 Å². The molecule has 0 spiro atoms. The molecule has 0 saturated heterocycles. The van der Waals surface area contributed by atoms with E-state index in [-0.39, 0.29) is 12.5 Å². The minimum Gasteiger partial charge on any atom is -0.496 e. The smallest absolute Gasteiger partial charge is 0.330 e. The molecule has 0 heterocycles. The fourth-order valence-corrected chi connectivity index (χ4v) is 1.89. The van der Waals surface area contributed by atoms with Gasteiger partial charge in [-0.2, -0.15) is 0 Å². The summed E-state index contributed by atoms with van der Waals surface area (Å²) in [6.45, 7) is 1.75. The van der Waals surface area contributed by atoms with Crippen LogP contribution in [0.25, 0.3) is 0 Å². The standard InChI is InChI=1S/C15H20O5/c1-10-7-14(19-3)12(8-13(10)18-2)11(9-16)5-6-15(17)20-4/h5-8,11,16H,9H2,1-4H3/b6-5+/t11-/m1/s1. The van der Waals surface area contributed by atoms with Crippen LogP contribution in [0, 0.1) is 6.92 Å². The molecule has 0 amide bonds. The van der Waals surface area contributed by atoms with Crippen LogP contribution in [0.4, 0.5) is 0 Å². The molecule has 0 aliphatic heterocycles. The molecular formula is C15H20O5. The number of rotatable bonds is 6. The molecule has 1 rings (SSSR count). The highest BCUT2D eigenvalue weighted by molar-refractivity contribution is 5.82. The molecule has 5 heteroatoms. The fraction of sp³-hybridized carbons (Fsp3) is 0.400. The SMILES string of the molecule is COC(=O)/C=C/[C@H](CO)c1cc(OC)c(C)cc1OC. The number of carbonyl (C=O) groups is 1. The lowest BCUT2D eigenvalue weighted by molar-refractivity contribution is -0.134. The Morgan fingerprint density at radius 1 is 1.25 bits per heavy atom. The van der Waals surface area contributed by atoms with Gasteiger partial charge in [-0.25, -0.2) is 4.79 Å². The van der Waals surface area contributed by atoms with Gasteiger partial charge in [0.1, 0.15) is 11.5 Å². The third kappa shape index (κ3) is 3.74. The molecule has 0 fully saturated rings. The number of hydrogen-bond donors (Lipinski definition) is 1. The van der Waals surface area contributed by atoms with E-state index in [9.17, 15) is 9.90 Å². The number of esters is 1. The zero-order chi connectivity index (χ0) is 15.1. The number of aryl methyl sites for hydroxylation is 1. The van der Waals surface area contributed by atoms with Gasteiger partial charge >= 0.3 is 5.97 Å². The van der Waals surface area contributed by atoms with Crippen LogP contribution < -0.4 is 9.47 Å². The maximum Gasteiger partial charge on any atom is 0.330 e. The predicted octanol–water partition coefficient (Wildman–Crippen LogP) is 1.82. The third-order valence-corrected chi connectivity index (χ3v) is 3.01. The van der Waals surface area contributed by atoms with E-state index in [1.165, 1.54) is 13.2 Å². The van der Waals surface area contributed by atoms with E-state index in [0.717, 1.165) is 11.1 Å². The first kappa shape index (κ1) is 16.0. The Morgan fingerprint density at radius 2 is 1.90 bits per heavy atom. The minimum atomic E-state index is -0.471. The van der Waals surface area contributed by atoms with Crippen LogP contribution in [0.2, 0.25) is 0 Å². The van der Waals surface area contributed by atoms with Crippen molar-refractivity contribution in [1.82, 2.24) is 0 Å². The maximum atomic E-state index is 11.1. The summed E-state index contributed by atoms with van der Waals surface area (Å²) in [6, 6.07) is 3.64. The molecule has 0 unspecified atom stereocenters. The lowest BCUT2D eigenvalue weighted by atomic mass is 9.96. The lowest BCUT2D eigenvalue weighted by Gasteiger charge is -2.17. The van der Waals surface area contributed by atoms with Crippen LogP contribution in [0.1, 0.15) is 17.0 Å². The summed E-state index contributed by atoms with van der Waals surface area (Å²) in [4.78, 5) is 11.1. The zero-order valence-corrected chi connectivity index (χ0v) is 12.2. The maximum absolute atomic E-state index is 11.1. The van der Waals surface area contributed by atoms with E-state index >= 15 is 0 Å². The zero-order valence-electron chi connectivity index (χ0n) is 12.2. The molecule has 1 aromatic carbocycles. The summed E-state index contributed by atoms with van der Waals surface area (Å²) in [7, 11) is 4.44. The van der Waals surface area contributed by atoms with Gasteiger partial charge in [0, 0.05) is 17.6 Å². The summed E-state index contributed by atoms with van der Waals surface area (Å²) in [5.74, 6) is 0.489. The van der Waals surface area contributed by atoms with E-state index in [1.54, 1.807) is 26.4 Å². The van der Waals surface area contributed by atoms with E-state index in [2.05, 4.69) is 4.74 Å². The summed E-state index contributed by atoms with van der Waals surface area (Å²) in [5, 5.41) is 9.52. The molecule has 0 aliphatic carbocycles. The van der Waals surface area contributed by atoms with Gasteiger partial charge in [0.25, 0.3) is 0 Å². The van der Waals surface area contributed by atoms with Crippen molar-refractivity contribution in [2.75, 3.05) is 27.9 Å². The van der Waals surface area contributed by atoms with Crippen molar-refractivity contribution in [3.05, 3.63) is 35.4 Å². The molecular weight excluding hydrogens is 260 g/mol. The van der Waals surface area contributed by atoms with Gasteiger partial charge in [0.15, 0.2) is 0 Å². The van der Waals surface area contributed by atoms with Gasteiger partial charge in [0.2, 0.25) is 0 Å². The van der Waals surface area contributed by atoms with Gasteiger partial charge in [0.05, 0.1) is 27.9 Å². The first-order valence-electron chi connectivity index (χ1n) is 6.16. The Labute approximate surface area is 118 Å². The summed E-state index contributed by atoms with van der Waals surface area (Å²) in [5.41, 5.74) is 1.68. The summed E-state index contributed by atoms with van der Waals surface area (Å²) in [6.07, 6.45) is 2.87. The quantitative estimate of drug-likeness (QED) is 0.636. The highest BCUT2D eigenvalue weighted by Gasteiger charge is 2.16. The molecule has 5 nitrogen and oxygen atoms in total. The van der Waals surface area contributed by atoms with Crippen molar-refractivity contribution >= 4 is 5.97 Å². The topological polar surface area (TPSA) is 65.0 Å². The number of aliphatic hydroxyl groups excluding tert-OH is 1. The Hall–Kier alpha value is -2.01. The molecule has 20 heavy (non-hydrogen) atoms. The highest BCUT2D eigenvalue weighted by Crippen LogP contribution is 2.33. The second-order valence-corrected chi connectivity index (χ2v) is 4.24. The van der Waals surface area contributed by atoms with Crippen LogP contribution in [-0.4, -0.2) is 39.0 Å². The average Bonchev–Trinajstić information content (AvgIpc) is 2.47. The molecule has 110 valence electrons. The highest BCUT2D eigenvalue weighted by atomic mass is 16.5. The van der Waals surface area contributed by atoms with Gasteiger partial charge in [-0.3, -0.25) is 0 Å². The van der Waals surface area contributed by atoms with Crippen LogP contribution in [-0.2, 0) is 9.53 Å². The minimum absolute atomic E-state index is 0.157. The molecule has 0 aliphatic rings. The normalized spacial score (nSPS) is 12.2. The van der Waals surface area contributed by atoms with Gasteiger partial charge in [-0.1, -0.05) is 6.08 Å². The Morgan fingerprint density at radius 3 is 2.40 bits per heavy atom. The third-order valence-electron chi connectivity index (χ3n) is 3.01. The van der Waals surface area contributed by atoms with E-state index in [4.69, 9.17) is 9.47 Å². The molecule has 0 bridgehead atoms. The molecule has 1 atom stereocenters. The number of methoxy groups -OCH3 is 3. The second kappa shape index (κ2) is 7.55. The van der Waals surface area contributed by atoms with E-state index in [1.807, 2.05) is 13.0 Å². The first-order chi connectivity index (χ1) is 9.57. The lowest BCUT2D eigenvalue weighted by Crippen LogP contribution is -2.06. The Kier molecular flexibility index (Phi) is 6.06. The molecule has 1 N–H and O–H groups in total. The summed E-state index contributed by atoms with van der Waals surface area (Å²) < 4.78 is 15.1. The fourth-order valence-electron chi connectivity index (χ4n) is 1.89. The van der Waals surface area contributed by atoms with Crippen LogP contribution in [0.15, 0.2) is 24.3 Å². The molecule has 1 aromatic rings. The number of benzene rings is 1. The Bertz CT molecular complexity index is 493. The van der Waals surface area contributed by atoms with Gasteiger partial charge in [-0.15, -0.1) is 0 Å². The molecule has 0 saturated carbocycles. The van der Waals surface area contributed by atoms with Crippen molar-refractivity contribution in [1.29, 1.82) is 0 Å². The van der Waals surface area contributed by atoms with Crippen LogP contribution in [0.5, 0.6) is 11.5 Å². The largest absolute Gasteiger partial charge is 0.496 e. The average molecular weight is 280 g/mol. The van der Waals surface area contributed by atoms with Crippen LogP contribution >= 0.6 is 0 Å². The van der Waals surface area contributed by atoms with Gasteiger partial charge in [-0.05, 0) is 24.6 Å².